The molecule has 0 radical (unpaired) electrons. The predicted octanol–water partition coefficient (Wildman–Crippen LogP) is 4.97. The van der Waals surface area contributed by atoms with Crippen molar-refractivity contribution in [1.29, 1.82) is 0 Å². The van der Waals surface area contributed by atoms with E-state index in [0.29, 0.717) is 11.7 Å². The number of halogens is 3. The molecule has 0 aromatic heterocycles. The van der Waals surface area contributed by atoms with Gasteiger partial charge in [0.2, 0.25) is 0 Å². The molecule has 1 aromatic rings. The summed E-state index contributed by atoms with van der Waals surface area (Å²) in [5, 5.41) is 3.32. The smallest absolute Gasteiger partial charge is 0.406 e. The molecule has 2 nitrogen and oxygen atoms in total. The maximum Gasteiger partial charge on any atom is 0.573 e. The van der Waals surface area contributed by atoms with E-state index < -0.39 is 6.36 Å². The lowest BCUT2D eigenvalue weighted by Crippen LogP contribution is -2.27. The monoisotopic (exact) mass is 287 g/mol. The van der Waals surface area contributed by atoms with E-state index in [1.54, 1.807) is 12.1 Å². The molecule has 1 N–H and O–H groups in total. The Bertz CT molecular complexity index is 433. The Labute approximate surface area is 117 Å². The van der Waals surface area contributed by atoms with Crippen LogP contribution in [0.1, 0.15) is 39.0 Å². The third-order valence-corrected chi connectivity index (χ3v) is 3.80. The summed E-state index contributed by atoms with van der Waals surface area (Å²) in [5.74, 6) is 0.543. The summed E-state index contributed by atoms with van der Waals surface area (Å²) < 4.78 is 40.5. The van der Waals surface area contributed by atoms with Crippen molar-refractivity contribution in [3.8, 4) is 5.75 Å². The summed E-state index contributed by atoms with van der Waals surface area (Å²) in [6.45, 7) is 2.19. The van der Waals surface area contributed by atoms with E-state index in [9.17, 15) is 13.2 Å². The van der Waals surface area contributed by atoms with Gasteiger partial charge in [-0.1, -0.05) is 32.3 Å². The van der Waals surface area contributed by atoms with Gasteiger partial charge in [-0.3, -0.25) is 0 Å². The van der Waals surface area contributed by atoms with Crippen LogP contribution in [0.5, 0.6) is 5.75 Å². The average Bonchev–Trinajstić information content (AvgIpc) is 2.37. The Kier molecular flexibility index (Phi) is 4.78. The van der Waals surface area contributed by atoms with Crippen molar-refractivity contribution in [2.75, 3.05) is 5.32 Å². The van der Waals surface area contributed by atoms with Gasteiger partial charge in [0.15, 0.2) is 0 Å². The molecule has 0 heterocycles. The molecule has 1 aromatic carbocycles. The van der Waals surface area contributed by atoms with Gasteiger partial charge in [-0.15, -0.1) is 13.2 Å². The summed E-state index contributed by atoms with van der Waals surface area (Å²) >= 11 is 0. The van der Waals surface area contributed by atoms with E-state index >= 15 is 0 Å². The molecule has 5 heteroatoms. The first-order valence-corrected chi connectivity index (χ1v) is 7.08. The highest BCUT2D eigenvalue weighted by molar-refractivity contribution is 5.49. The van der Waals surface area contributed by atoms with Crippen molar-refractivity contribution < 1.29 is 17.9 Å². The molecule has 1 saturated carbocycles. The van der Waals surface area contributed by atoms with Crippen molar-refractivity contribution in [3.63, 3.8) is 0 Å². The number of hydrogen-bond donors (Lipinski definition) is 1. The highest BCUT2D eigenvalue weighted by atomic mass is 19.4. The molecule has 2 unspecified atom stereocenters. The van der Waals surface area contributed by atoms with Crippen molar-refractivity contribution in [2.24, 2.45) is 5.92 Å². The first-order chi connectivity index (χ1) is 9.46. The first kappa shape index (κ1) is 15.0. The lowest BCUT2D eigenvalue weighted by atomic mass is 9.84. The van der Waals surface area contributed by atoms with Gasteiger partial charge < -0.3 is 10.1 Å². The molecular formula is C15H20F3NO. The molecule has 20 heavy (non-hydrogen) atoms. The SMILES string of the molecule is CCC1CCCC(Nc2cccc(OC(F)(F)F)c2)C1. The van der Waals surface area contributed by atoms with Gasteiger partial charge in [0, 0.05) is 17.8 Å². The van der Waals surface area contributed by atoms with Crippen LogP contribution in [0, 0.1) is 5.92 Å². The lowest BCUT2D eigenvalue weighted by Gasteiger charge is -2.30. The second-order valence-corrected chi connectivity index (χ2v) is 5.36. The fourth-order valence-corrected chi connectivity index (χ4v) is 2.81. The van der Waals surface area contributed by atoms with Gasteiger partial charge in [-0.25, -0.2) is 0 Å². The number of ether oxygens (including phenoxy) is 1. The molecule has 0 saturated heterocycles. The van der Waals surface area contributed by atoms with Crippen LogP contribution in [0.4, 0.5) is 18.9 Å². The second kappa shape index (κ2) is 6.37. The van der Waals surface area contributed by atoms with E-state index in [-0.39, 0.29) is 5.75 Å². The highest BCUT2D eigenvalue weighted by Crippen LogP contribution is 2.30. The van der Waals surface area contributed by atoms with Gasteiger partial charge in [-0.05, 0) is 30.9 Å². The molecule has 1 aliphatic rings. The van der Waals surface area contributed by atoms with Gasteiger partial charge in [0.25, 0.3) is 0 Å². The van der Waals surface area contributed by atoms with Crippen molar-refractivity contribution >= 4 is 5.69 Å². The normalized spacial score (nSPS) is 23.4. The Morgan fingerprint density at radius 2 is 2.10 bits per heavy atom. The molecule has 0 bridgehead atoms. The molecule has 0 aliphatic heterocycles. The van der Waals surface area contributed by atoms with Crippen LogP contribution in [0.3, 0.4) is 0 Å². The van der Waals surface area contributed by atoms with Gasteiger partial charge >= 0.3 is 6.36 Å². The Hall–Kier alpha value is -1.39. The van der Waals surface area contributed by atoms with Crippen molar-refractivity contribution in [2.45, 2.75) is 51.4 Å². The summed E-state index contributed by atoms with van der Waals surface area (Å²) in [5.41, 5.74) is 0.688. The molecule has 0 spiro atoms. The molecule has 112 valence electrons. The quantitative estimate of drug-likeness (QED) is 0.844. The van der Waals surface area contributed by atoms with Crippen LogP contribution in [0.2, 0.25) is 0 Å². The average molecular weight is 287 g/mol. The predicted molar refractivity (Wildman–Crippen MR) is 72.8 cm³/mol. The van der Waals surface area contributed by atoms with Crippen molar-refractivity contribution in [1.82, 2.24) is 0 Å². The molecule has 2 atom stereocenters. The van der Waals surface area contributed by atoms with Crippen LogP contribution in [0.15, 0.2) is 24.3 Å². The topological polar surface area (TPSA) is 21.3 Å². The molecular weight excluding hydrogens is 267 g/mol. The van der Waals surface area contributed by atoms with Gasteiger partial charge in [-0.2, -0.15) is 0 Å². The van der Waals surface area contributed by atoms with E-state index in [2.05, 4.69) is 17.0 Å². The van der Waals surface area contributed by atoms with Crippen LogP contribution in [-0.4, -0.2) is 12.4 Å². The maximum absolute atomic E-state index is 12.2. The lowest BCUT2D eigenvalue weighted by molar-refractivity contribution is -0.274. The molecule has 1 fully saturated rings. The second-order valence-electron chi connectivity index (χ2n) is 5.36. The van der Waals surface area contributed by atoms with Gasteiger partial charge in [0.05, 0.1) is 0 Å². The first-order valence-electron chi connectivity index (χ1n) is 7.08. The fraction of sp³-hybridized carbons (Fsp3) is 0.600. The fourth-order valence-electron chi connectivity index (χ4n) is 2.81. The number of rotatable bonds is 4. The highest BCUT2D eigenvalue weighted by Gasteiger charge is 2.31. The number of nitrogens with one attached hydrogen (secondary N) is 1. The summed E-state index contributed by atoms with van der Waals surface area (Å²) in [6, 6.07) is 6.41. The van der Waals surface area contributed by atoms with Crippen LogP contribution >= 0.6 is 0 Å². The third-order valence-electron chi connectivity index (χ3n) is 3.80. The minimum absolute atomic E-state index is 0.176. The summed E-state index contributed by atoms with van der Waals surface area (Å²) in [7, 11) is 0. The van der Waals surface area contributed by atoms with E-state index in [4.69, 9.17) is 0 Å². The van der Waals surface area contributed by atoms with E-state index in [1.165, 1.54) is 25.0 Å². The minimum Gasteiger partial charge on any atom is -0.406 e. The third kappa shape index (κ3) is 4.62. The van der Waals surface area contributed by atoms with E-state index in [1.807, 2.05) is 0 Å². The maximum atomic E-state index is 12.2. The number of alkyl halides is 3. The Balaban J connectivity index is 1.97. The Morgan fingerprint density at radius 1 is 1.30 bits per heavy atom. The number of anilines is 1. The minimum atomic E-state index is -4.64. The molecule has 1 aliphatic carbocycles. The zero-order chi connectivity index (χ0) is 14.6. The van der Waals surface area contributed by atoms with Crippen LogP contribution in [-0.2, 0) is 0 Å². The molecule has 2 rings (SSSR count). The zero-order valence-corrected chi connectivity index (χ0v) is 11.5. The summed E-state index contributed by atoms with van der Waals surface area (Å²) in [6.07, 6.45) is 1.11. The number of benzene rings is 1. The molecule has 0 amide bonds. The standard InChI is InChI=1S/C15H20F3NO/c1-2-11-5-3-6-12(9-11)19-13-7-4-8-14(10-13)20-15(16,17)18/h4,7-8,10-12,19H,2-3,5-6,9H2,1H3. The van der Waals surface area contributed by atoms with Crippen molar-refractivity contribution in [3.05, 3.63) is 24.3 Å². The zero-order valence-electron chi connectivity index (χ0n) is 11.5. The number of hydrogen-bond acceptors (Lipinski definition) is 2. The summed E-state index contributed by atoms with van der Waals surface area (Å²) in [4.78, 5) is 0. The van der Waals surface area contributed by atoms with E-state index in [0.717, 1.165) is 25.2 Å². The Morgan fingerprint density at radius 3 is 2.80 bits per heavy atom. The van der Waals surface area contributed by atoms with Gasteiger partial charge in [0.1, 0.15) is 5.75 Å². The largest absolute Gasteiger partial charge is 0.573 e. The van der Waals surface area contributed by atoms with Crippen LogP contribution < -0.4 is 10.1 Å². The van der Waals surface area contributed by atoms with Crippen LogP contribution in [0.25, 0.3) is 0 Å².